The summed E-state index contributed by atoms with van der Waals surface area (Å²) >= 11 is 0. The van der Waals surface area contributed by atoms with Crippen LogP contribution >= 0.6 is 0 Å². The number of aromatic amines is 1. The summed E-state index contributed by atoms with van der Waals surface area (Å²) in [6.45, 7) is 2.26. The van der Waals surface area contributed by atoms with Gasteiger partial charge in [-0.1, -0.05) is 66.7 Å². The van der Waals surface area contributed by atoms with E-state index in [4.69, 9.17) is 0 Å². The summed E-state index contributed by atoms with van der Waals surface area (Å²) in [5.41, 5.74) is 8.05. The Morgan fingerprint density at radius 2 is 1.64 bits per heavy atom. The highest BCUT2D eigenvalue weighted by atomic mass is 15.0. The molecule has 2 nitrogen and oxygen atoms in total. The van der Waals surface area contributed by atoms with E-state index in [-0.39, 0.29) is 0 Å². The van der Waals surface area contributed by atoms with Gasteiger partial charge in [0.15, 0.2) is 0 Å². The van der Waals surface area contributed by atoms with Crippen molar-refractivity contribution in [2.24, 2.45) is 0 Å². The van der Waals surface area contributed by atoms with Crippen LogP contribution in [-0.2, 0) is 6.42 Å². The van der Waals surface area contributed by atoms with Crippen LogP contribution in [0.15, 0.2) is 78.9 Å². The third-order valence-corrected chi connectivity index (χ3v) is 6.07. The lowest BCUT2D eigenvalue weighted by molar-refractivity contribution is 0.410. The van der Waals surface area contributed by atoms with Crippen molar-refractivity contribution in [1.29, 1.82) is 0 Å². The Bertz CT molecular complexity index is 1080. The quantitative estimate of drug-likeness (QED) is 0.420. The van der Waals surface area contributed by atoms with Crippen molar-refractivity contribution >= 4 is 10.9 Å². The molecule has 1 aromatic heterocycles. The Hall–Kier alpha value is -2.84. The van der Waals surface area contributed by atoms with E-state index >= 15 is 0 Å². The van der Waals surface area contributed by atoms with Gasteiger partial charge >= 0.3 is 0 Å². The van der Waals surface area contributed by atoms with E-state index in [2.05, 4.69) is 96.1 Å². The van der Waals surface area contributed by atoms with Crippen LogP contribution in [0.5, 0.6) is 0 Å². The summed E-state index contributed by atoms with van der Waals surface area (Å²) in [4.78, 5) is 3.74. The van der Waals surface area contributed by atoms with E-state index < -0.39 is 0 Å². The molecule has 0 saturated carbocycles. The van der Waals surface area contributed by atoms with Crippen molar-refractivity contribution < 1.29 is 0 Å². The first-order valence-electron chi connectivity index (χ1n) is 10.3. The van der Waals surface area contributed by atoms with E-state index in [1.54, 1.807) is 0 Å². The summed E-state index contributed by atoms with van der Waals surface area (Å²) in [5.74, 6) is 0. The molecule has 0 aliphatic heterocycles. The number of hydrogen-bond donors (Lipinski definition) is 2. The smallest absolute Gasteiger partial charge is 0.0480 e. The number of hydrogen-bond acceptors (Lipinski definition) is 1. The van der Waals surface area contributed by atoms with Gasteiger partial charge in [0.05, 0.1) is 0 Å². The SMILES string of the molecule is C[C@H](N[C@H]1CCCc2c1[nH]c1ccc(-c3ccccc3)cc21)c1ccccc1. The van der Waals surface area contributed by atoms with Gasteiger partial charge in [-0.05, 0) is 60.6 Å². The molecule has 4 aromatic rings. The van der Waals surface area contributed by atoms with Crippen molar-refractivity contribution in [1.82, 2.24) is 10.3 Å². The van der Waals surface area contributed by atoms with Gasteiger partial charge in [-0.3, -0.25) is 0 Å². The van der Waals surface area contributed by atoms with Gasteiger partial charge in [0, 0.05) is 28.7 Å². The molecule has 5 rings (SSSR count). The van der Waals surface area contributed by atoms with Crippen LogP contribution in [0.1, 0.15) is 48.7 Å². The first-order valence-corrected chi connectivity index (χ1v) is 10.3. The average Bonchev–Trinajstić information content (AvgIpc) is 3.14. The molecule has 0 fully saturated rings. The maximum absolute atomic E-state index is 3.87. The molecule has 3 aromatic carbocycles. The molecule has 140 valence electrons. The summed E-state index contributed by atoms with van der Waals surface area (Å²) in [6.07, 6.45) is 3.57. The van der Waals surface area contributed by atoms with Crippen LogP contribution in [-0.4, -0.2) is 4.98 Å². The first-order chi connectivity index (χ1) is 13.8. The fraction of sp³-hybridized carbons (Fsp3) is 0.231. The van der Waals surface area contributed by atoms with Crippen LogP contribution in [0, 0.1) is 0 Å². The van der Waals surface area contributed by atoms with Gasteiger partial charge in [-0.25, -0.2) is 0 Å². The predicted octanol–water partition coefficient (Wildman–Crippen LogP) is 6.56. The Kier molecular flexibility index (Phi) is 4.50. The fourth-order valence-corrected chi connectivity index (χ4v) is 4.58. The molecule has 0 bridgehead atoms. The number of aromatic nitrogens is 1. The normalized spacial score (nSPS) is 17.4. The topological polar surface area (TPSA) is 27.8 Å². The van der Waals surface area contributed by atoms with Crippen LogP contribution in [0.4, 0.5) is 0 Å². The van der Waals surface area contributed by atoms with Crippen LogP contribution in [0.25, 0.3) is 22.0 Å². The number of fused-ring (bicyclic) bond motifs is 3. The molecule has 2 heteroatoms. The van der Waals surface area contributed by atoms with Crippen molar-refractivity contribution in [3.05, 3.63) is 95.7 Å². The Morgan fingerprint density at radius 3 is 2.43 bits per heavy atom. The molecule has 0 radical (unpaired) electrons. The highest BCUT2D eigenvalue weighted by molar-refractivity contribution is 5.89. The third kappa shape index (κ3) is 3.14. The third-order valence-electron chi connectivity index (χ3n) is 6.07. The van der Waals surface area contributed by atoms with Gasteiger partial charge < -0.3 is 10.3 Å². The molecule has 2 atom stereocenters. The fourth-order valence-electron chi connectivity index (χ4n) is 4.58. The number of nitrogens with one attached hydrogen (secondary N) is 2. The van der Waals surface area contributed by atoms with Gasteiger partial charge in [-0.2, -0.15) is 0 Å². The number of aryl methyl sites for hydroxylation is 1. The molecule has 1 aliphatic carbocycles. The summed E-state index contributed by atoms with van der Waals surface area (Å²) < 4.78 is 0. The molecule has 0 spiro atoms. The Labute approximate surface area is 166 Å². The van der Waals surface area contributed by atoms with E-state index in [9.17, 15) is 0 Å². The molecular weight excluding hydrogens is 340 g/mol. The average molecular weight is 367 g/mol. The molecule has 2 N–H and O–H groups in total. The molecule has 0 unspecified atom stereocenters. The van der Waals surface area contributed by atoms with Crippen LogP contribution < -0.4 is 5.32 Å². The minimum atomic E-state index is 0.337. The predicted molar refractivity (Wildman–Crippen MR) is 117 cm³/mol. The zero-order chi connectivity index (χ0) is 18.9. The monoisotopic (exact) mass is 366 g/mol. The lowest BCUT2D eigenvalue weighted by Gasteiger charge is -2.27. The molecule has 0 saturated heterocycles. The maximum atomic E-state index is 3.87. The second-order valence-electron chi connectivity index (χ2n) is 7.89. The van der Waals surface area contributed by atoms with Gasteiger partial charge in [-0.15, -0.1) is 0 Å². The second-order valence-corrected chi connectivity index (χ2v) is 7.89. The molecule has 1 heterocycles. The first kappa shape index (κ1) is 17.3. The lowest BCUT2D eigenvalue weighted by Crippen LogP contribution is -2.27. The lowest BCUT2D eigenvalue weighted by atomic mass is 9.90. The van der Waals surface area contributed by atoms with Gasteiger partial charge in [0.2, 0.25) is 0 Å². The van der Waals surface area contributed by atoms with E-state index in [1.807, 2.05) is 0 Å². The van der Waals surface area contributed by atoms with Gasteiger partial charge in [0.1, 0.15) is 0 Å². The highest BCUT2D eigenvalue weighted by Crippen LogP contribution is 2.37. The molecule has 0 amide bonds. The summed E-state index contributed by atoms with van der Waals surface area (Å²) in [5, 5.41) is 5.25. The number of rotatable bonds is 4. The highest BCUT2D eigenvalue weighted by Gasteiger charge is 2.25. The minimum Gasteiger partial charge on any atom is -0.357 e. The second kappa shape index (κ2) is 7.29. The summed E-state index contributed by atoms with van der Waals surface area (Å²) in [6, 6.07) is 29.0. The van der Waals surface area contributed by atoms with Crippen LogP contribution in [0.3, 0.4) is 0 Å². The Morgan fingerprint density at radius 1 is 0.893 bits per heavy atom. The van der Waals surface area contributed by atoms with Crippen molar-refractivity contribution in [3.63, 3.8) is 0 Å². The standard InChI is InChI=1S/C26H26N2/c1-18(19-9-4-2-5-10-19)27-25-14-8-13-22-23-17-21(20-11-6-3-7-12-20)15-16-24(23)28-26(22)25/h2-7,9-12,15-18,25,27-28H,8,13-14H2,1H3/t18-,25-/m0/s1. The molecule has 1 aliphatic rings. The van der Waals surface area contributed by atoms with Crippen LogP contribution in [0.2, 0.25) is 0 Å². The van der Waals surface area contributed by atoms with Crippen molar-refractivity contribution in [3.8, 4) is 11.1 Å². The summed E-state index contributed by atoms with van der Waals surface area (Å²) in [7, 11) is 0. The molecule has 28 heavy (non-hydrogen) atoms. The number of H-pyrrole nitrogens is 1. The zero-order valence-corrected chi connectivity index (χ0v) is 16.3. The van der Waals surface area contributed by atoms with Gasteiger partial charge in [0.25, 0.3) is 0 Å². The van der Waals surface area contributed by atoms with E-state index in [0.29, 0.717) is 12.1 Å². The van der Waals surface area contributed by atoms with Crippen molar-refractivity contribution in [2.45, 2.75) is 38.3 Å². The largest absolute Gasteiger partial charge is 0.357 e. The zero-order valence-electron chi connectivity index (χ0n) is 16.3. The van der Waals surface area contributed by atoms with E-state index in [0.717, 1.165) is 6.42 Å². The minimum absolute atomic E-state index is 0.337. The Balaban J connectivity index is 1.49. The van der Waals surface area contributed by atoms with Crippen molar-refractivity contribution in [2.75, 3.05) is 0 Å². The molecular formula is C26H26N2. The number of benzene rings is 3. The maximum Gasteiger partial charge on any atom is 0.0480 e. The van der Waals surface area contributed by atoms with E-state index in [1.165, 1.54) is 51.7 Å².